The highest BCUT2D eigenvalue weighted by atomic mass is 16.6. The molecule has 1 saturated heterocycles. The van der Waals surface area contributed by atoms with Gasteiger partial charge in [0.05, 0.1) is 11.0 Å². The minimum atomic E-state index is -0.523. The van der Waals surface area contributed by atoms with Crippen molar-refractivity contribution in [3.05, 3.63) is 46.2 Å². The van der Waals surface area contributed by atoms with Crippen molar-refractivity contribution in [3.8, 4) is 5.75 Å². The van der Waals surface area contributed by atoms with Gasteiger partial charge in [0, 0.05) is 31.1 Å². The zero-order valence-corrected chi connectivity index (χ0v) is 15.3. The van der Waals surface area contributed by atoms with Gasteiger partial charge in [0.15, 0.2) is 12.4 Å². The highest BCUT2D eigenvalue weighted by molar-refractivity contribution is 5.91. The second-order valence-electron chi connectivity index (χ2n) is 6.51. The maximum Gasteiger partial charge on any atom is 0.273 e. The molecule has 28 heavy (non-hydrogen) atoms. The lowest BCUT2D eigenvalue weighted by atomic mass is 9.96. The van der Waals surface area contributed by atoms with Gasteiger partial charge in [-0.25, -0.2) is 0 Å². The number of ether oxygens (including phenoxy) is 1. The van der Waals surface area contributed by atoms with E-state index in [0.717, 1.165) is 0 Å². The van der Waals surface area contributed by atoms with E-state index < -0.39 is 4.92 Å². The predicted molar refractivity (Wildman–Crippen MR) is 97.8 cm³/mol. The standard InChI is InChI=1S/C18H20N4O6/c1-12-9-16(20-28-12)19-18(24)13-5-7-21(8-6-13)17(23)11-27-15-4-2-3-14(10-15)22(25)26/h2-4,9-10,13H,5-8,11H2,1H3,(H,19,20,24). The number of benzene rings is 1. The molecule has 0 spiro atoms. The number of hydrogen-bond donors (Lipinski definition) is 1. The zero-order chi connectivity index (χ0) is 20.1. The minimum absolute atomic E-state index is 0.0981. The molecule has 0 atom stereocenters. The summed E-state index contributed by atoms with van der Waals surface area (Å²) in [4.78, 5) is 36.5. The van der Waals surface area contributed by atoms with Gasteiger partial charge in [-0.2, -0.15) is 0 Å². The Hall–Kier alpha value is -3.43. The van der Waals surface area contributed by atoms with E-state index in [-0.39, 0.29) is 35.8 Å². The average Bonchev–Trinajstić information content (AvgIpc) is 3.11. The van der Waals surface area contributed by atoms with Gasteiger partial charge in [-0.1, -0.05) is 11.2 Å². The van der Waals surface area contributed by atoms with Crippen molar-refractivity contribution in [1.82, 2.24) is 10.1 Å². The first-order chi connectivity index (χ1) is 13.4. The number of rotatable bonds is 6. The Labute approximate surface area is 160 Å². The molecule has 1 N–H and O–H groups in total. The number of nitro groups is 1. The Kier molecular flexibility index (Phi) is 5.87. The molecular formula is C18H20N4O6. The first kappa shape index (κ1) is 19.3. The maximum atomic E-state index is 12.3. The number of carbonyl (C=O) groups excluding carboxylic acids is 2. The van der Waals surface area contributed by atoms with Crippen LogP contribution < -0.4 is 10.1 Å². The molecule has 0 radical (unpaired) electrons. The summed E-state index contributed by atoms with van der Waals surface area (Å²) in [6, 6.07) is 7.32. The van der Waals surface area contributed by atoms with Crippen LogP contribution in [0.25, 0.3) is 0 Å². The Bertz CT molecular complexity index is 872. The van der Waals surface area contributed by atoms with E-state index in [4.69, 9.17) is 9.26 Å². The monoisotopic (exact) mass is 388 g/mol. The summed E-state index contributed by atoms with van der Waals surface area (Å²) < 4.78 is 10.3. The lowest BCUT2D eigenvalue weighted by Crippen LogP contribution is -2.43. The fourth-order valence-electron chi connectivity index (χ4n) is 2.97. The summed E-state index contributed by atoms with van der Waals surface area (Å²) in [5.74, 6) is 0.676. The molecule has 1 fully saturated rings. The number of nitro benzene ring substituents is 1. The molecule has 3 rings (SSSR count). The number of aryl methyl sites for hydroxylation is 1. The van der Waals surface area contributed by atoms with Gasteiger partial charge in [0.2, 0.25) is 5.91 Å². The molecule has 10 nitrogen and oxygen atoms in total. The third-order valence-corrected chi connectivity index (χ3v) is 4.49. The molecule has 0 aliphatic carbocycles. The molecule has 148 valence electrons. The van der Waals surface area contributed by atoms with Crippen molar-refractivity contribution < 1.29 is 23.8 Å². The second-order valence-corrected chi connectivity index (χ2v) is 6.51. The van der Waals surface area contributed by atoms with Gasteiger partial charge in [-0.3, -0.25) is 19.7 Å². The molecule has 0 saturated carbocycles. The van der Waals surface area contributed by atoms with Crippen molar-refractivity contribution in [2.75, 3.05) is 25.0 Å². The molecule has 0 bridgehead atoms. The van der Waals surface area contributed by atoms with E-state index in [1.54, 1.807) is 24.0 Å². The largest absolute Gasteiger partial charge is 0.484 e. The molecule has 1 aliphatic rings. The topological polar surface area (TPSA) is 128 Å². The van der Waals surface area contributed by atoms with Crippen LogP contribution >= 0.6 is 0 Å². The van der Waals surface area contributed by atoms with Gasteiger partial charge in [-0.05, 0) is 25.8 Å². The number of non-ortho nitro benzene ring substituents is 1. The average molecular weight is 388 g/mol. The van der Waals surface area contributed by atoms with E-state index in [2.05, 4.69) is 10.5 Å². The maximum absolute atomic E-state index is 12.3. The van der Waals surface area contributed by atoms with Gasteiger partial charge in [0.25, 0.3) is 11.6 Å². The first-order valence-electron chi connectivity index (χ1n) is 8.81. The van der Waals surface area contributed by atoms with Gasteiger partial charge >= 0.3 is 0 Å². The molecule has 1 aromatic carbocycles. The van der Waals surface area contributed by atoms with Crippen LogP contribution in [-0.2, 0) is 9.59 Å². The van der Waals surface area contributed by atoms with Crippen LogP contribution in [0.3, 0.4) is 0 Å². The normalized spacial score (nSPS) is 14.5. The molecule has 0 unspecified atom stereocenters. The summed E-state index contributed by atoms with van der Waals surface area (Å²) in [6.07, 6.45) is 1.07. The van der Waals surface area contributed by atoms with Crippen LogP contribution in [0, 0.1) is 23.0 Å². The SMILES string of the molecule is Cc1cc(NC(=O)C2CCN(C(=O)COc3cccc([N+](=O)[O-])c3)CC2)no1. The van der Waals surface area contributed by atoms with Crippen molar-refractivity contribution in [2.24, 2.45) is 5.92 Å². The second kappa shape index (κ2) is 8.51. The number of nitrogens with one attached hydrogen (secondary N) is 1. The fraction of sp³-hybridized carbons (Fsp3) is 0.389. The Morgan fingerprint density at radius 2 is 2.11 bits per heavy atom. The number of nitrogens with zero attached hydrogens (tertiary/aromatic N) is 3. The van der Waals surface area contributed by atoms with Crippen LogP contribution in [0.1, 0.15) is 18.6 Å². The van der Waals surface area contributed by atoms with Gasteiger partial charge < -0.3 is 19.5 Å². The third kappa shape index (κ3) is 4.84. The smallest absolute Gasteiger partial charge is 0.273 e. The quantitative estimate of drug-likeness (QED) is 0.593. The predicted octanol–water partition coefficient (Wildman–Crippen LogP) is 2.15. The lowest BCUT2D eigenvalue weighted by molar-refractivity contribution is -0.384. The summed E-state index contributed by atoms with van der Waals surface area (Å²) in [6.45, 7) is 2.40. The molecule has 1 aliphatic heterocycles. The van der Waals surface area contributed by atoms with Gasteiger partial charge in [-0.15, -0.1) is 0 Å². The highest BCUT2D eigenvalue weighted by Crippen LogP contribution is 2.21. The Morgan fingerprint density at radius 1 is 1.36 bits per heavy atom. The number of likely N-dealkylation sites (tertiary alicyclic amines) is 1. The van der Waals surface area contributed by atoms with Crippen LogP contribution in [0.15, 0.2) is 34.9 Å². The summed E-state index contributed by atoms with van der Waals surface area (Å²) >= 11 is 0. The summed E-state index contributed by atoms with van der Waals surface area (Å²) in [5, 5.41) is 17.2. The first-order valence-corrected chi connectivity index (χ1v) is 8.81. The van der Waals surface area contributed by atoms with Crippen molar-refractivity contribution in [2.45, 2.75) is 19.8 Å². The number of piperidine rings is 1. The number of carbonyl (C=O) groups is 2. The van der Waals surface area contributed by atoms with Crippen molar-refractivity contribution in [3.63, 3.8) is 0 Å². The van der Waals surface area contributed by atoms with Crippen LogP contribution in [0.2, 0.25) is 0 Å². The van der Waals surface area contributed by atoms with Gasteiger partial charge in [0.1, 0.15) is 11.5 Å². The minimum Gasteiger partial charge on any atom is -0.484 e. The number of anilines is 1. The molecule has 2 heterocycles. The van der Waals surface area contributed by atoms with Crippen LogP contribution in [-0.4, -0.2) is 46.5 Å². The van der Waals surface area contributed by atoms with E-state index in [1.165, 1.54) is 18.2 Å². The number of hydrogen-bond acceptors (Lipinski definition) is 7. The van der Waals surface area contributed by atoms with Crippen molar-refractivity contribution >= 4 is 23.3 Å². The molecular weight excluding hydrogens is 368 g/mol. The van der Waals surface area contributed by atoms with E-state index in [1.807, 2.05) is 0 Å². The summed E-state index contributed by atoms with van der Waals surface area (Å²) in [5.41, 5.74) is -0.0981. The van der Waals surface area contributed by atoms with E-state index >= 15 is 0 Å². The Balaban J connectivity index is 1.45. The zero-order valence-electron chi connectivity index (χ0n) is 15.3. The van der Waals surface area contributed by atoms with Crippen LogP contribution in [0.4, 0.5) is 11.5 Å². The molecule has 2 aromatic rings. The number of aromatic nitrogens is 1. The fourth-order valence-corrected chi connectivity index (χ4v) is 2.97. The third-order valence-electron chi connectivity index (χ3n) is 4.49. The van der Waals surface area contributed by atoms with Crippen molar-refractivity contribution in [1.29, 1.82) is 0 Å². The lowest BCUT2D eigenvalue weighted by Gasteiger charge is -2.31. The van der Waals surface area contributed by atoms with Crippen LogP contribution in [0.5, 0.6) is 5.75 Å². The van der Waals surface area contributed by atoms with E-state index in [9.17, 15) is 19.7 Å². The number of amides is 2. The van der Waals surface area contributed by atoms with E-state index in [0.29, 0.717) is 37.5 Å². The molecule has 2 amide bonds. The Morgan fingerprint density at radius 3 is 2.75 bits per heavy atom. The molecule has 1 aromatic heterocycles. The summed E-state index contributed by atoms with van der Waals surface area (Å²) in [7, 11) is 0. The highest BCUT2D eigenvalue weighted by Gasteiger charge is 2.28. The molecule has 10 heteroatoms.